The normalized spacial score (nSPS) is 14.9. The zero-order valence-electron chi connectivity index (χ0n) is 18.6. The average molecular weight is 495 g/mol. The lowest BCUT2D eigenvalue weighted by Crippen LogP contribution is -2.22. The Kier molecular flexibility index (Phi) is 5.53. The van der Waals surface area contributed by atoms with Gasteiger partial charge in [-0.25, -0.2) is 0 Å². The van der Waals surface area contributed by atoms with Crippen molar-refractivity contribution in [3.63, 3.8) is 0 Å². The smallest absolute Gasteiger partial charge is 0.312 e. The summed E-state index contributed by atoms with van der Waals surface area (Å²) in [5.74, 6) is -1.37. The molecule has 4 aromatic rings. The summed E-state index contributed by atoms with van der Waals surface area (Å²) >= 11 is 5.96. The number of benzene rings is 3. The summed E-state index contributed by atoms with van der Waals surface area (Å²) in [5.41, 5.74) is 1.41. The number of carbonyl (C=O) groups is 1. The maximum absolute atomic E-state index is 13.4. The van der Waals surface area contributed by atoms with Crippen molar-refractivity contribution < 1.29 is 33.6 Å². The zero-order chi connectivity index (χ0) is 24.9. The second-order valence-corrected chi connectivity index (χ2v) is 8.44. The van der Waals surface area contributed by atoms with Gasteiger partial charge in [0.2, 0.25) is 11.2 Å². The Morgan fingerprint density at radius 2 is 1.66 bits per heavy atom. The van der Waals surface area contributed by atoms with Crippen molar-refractivity contribution in [2.45, 2.75) is 12.3 Å². The maximum Gasteiger partial charge on any atom is 0.312 e. The minimum Gasteiger partial charge on any atom is -0.507 e. The molecule has 0 aliphatic carbocycles. The molecule has 178 valence electrons. The van der Waals surface area contributed by atoms with E-state index in [2.05, 4.69) is 0 Å². The highest BCUT2D eigenvalue weighted by atomic mass is 35.5. The lowest BCUT2D eigenvalue weighted by Gasteiger charge is -2.26. The molecule has 9 heteroatoms. The highest BCUT2D eigenvalue weighted by molar-refractivity contribution is 6.30. The molecule has 0 saturated heterocycles. The van der Waals surface area contributed by atoms with Gasteiger partial charge in [0.15, 0.2) is 11.5 Å². The highest BCUT2D eigenvalue weighted by Gasteiger charge is 2.34. The molecular weight excluding hydrogens is 476 g/mol. The molecule has 2 N–H and O–H groups in total. The Morgan fingerprint density at radius 3 is 2.29 bits per heavy atom. The van der Waals surface area contributed by atoms with Crippen molar-refractivity contribution in [1.29, 1.82) is 0 Å². The number of rotatable bonds is 4. The first kappa shape index (κ1) is 22.6. The van der Waals surface area contributed by atoms with Crippen LogP contribution < -0.4 is 19.6 Å². The number of carbonyl (C=O) groups excluding carboxylic acids is 1. The fourth-order valence-corrected chi connectivity index (χ4v) is 4.49. The maximum atomic E-state index is 13.4. The van der Waals surface area contributed by atoms with Crippen LogP contribution in [-0.4, -0.2) is 30.4 Å². The first-order valence-electron chi connectivity index (χ1n) is 10.5. The van der Waals surface area contributed by atoms with E-state index in [0.29, 0.717) is 21.7 Å². The van der Waals surface area contributed by atoms with Crippen molar-refractivity contribution >= 4 is 28.5 Å². The standard InChI is InChI=1S/C26H19ClO8/c1-32-19-7-13(8-20(33-2)25(19)31)15-9-21(29)35-18-10-17(28)23-24(30)16(11-34-26(23)22(15)18)12-3-5-14(27)6-4-12/h3-8,10-11,15,28,31H,9H2,1-2H3. The van der Waals surface area contributed by atoms with Crippen LogP contribution in [0.4, 0.5) is 0 Å². The van der Waals surface area contributed by atoms with E-state index in [9.17, 15) is 19.8 Å². The number of halogens is 1. The molecule has 1 aromatic heterocycles. The molecule has 1 aliphatic heterocycles. The fourth-order valence-electron chi connectivity index (χ4n) is 4.36. The van der Waals surface area contributed by atoms with Crippen LogP contribution >= 0.6 is 11.6 Å². The van der Waals surface area contributed by atoms with Gasteiger partial charge >= 0.3 is 5.97 Å². The molecule has 1 unspecified atom stereocenters. The summed E-state index contributed by atoms with van der Waals surface area (Å²) in [6, 6.07) is 11.0. The number of hydrogen-bond donors (Lipinski definition) is 2. The number of esters is 1. The van der Waals surface area contributed by atoms with Gasteiger partial charge in [0.25, 0.3) is 0 Å². The SMILES string of the molecule is COc1cc(C2CC(=O)Oc3cc(O)c4c(=O)c(-c5ccc(Cl)cc5)coc4c32)cc(OC)c1O. The van der Waals surface area contributed by atoms with E-state index in [1.54, 1.807) is 36.4 Å². The molecule has 5 rings (SSSR count). The van der Waals surface area contributed by atoms with E-state index in [4.69, 9.17) is 30.2 Å². The monoisotopic (exact) mass is 494 g/mol. The van der Waals surface area contributed by atoms with Gasteiger partial charge in [-0.05, 0) is 35.4 Å². The predicted octanol–water partition coefficient (Wildman–Crippen LogP) is 4.98. The summed E-state index contributed by atoms with van der Waals surface area (Å²) in [7, 11) is 2.79. The summed E-state index contributed by atoms with van der Waals surface area (Å²) in [4.78, 5) is 25.9. The van der Waals surface area contributed by atoms with Gasteiger partial charge in [-0.3, -0.25) is 9.59 Å². The van der Waals surface area contributed by atoms with Crippen molar-refractivity contribution in [1.82, 2.24) is 0 Å². The number of ether oxygens (including phenoxy) is 3. The summed E-state index contributed by atoms with van der Waals surface area (Å²) in [6.07, 6.45) is 1.23. The molecule has 1 aliphatic rings. The number of phenols is 2. The first-order chi connectivity index (χ1) is 16.8. The van der Waals surface area contributed by atoms with E-state index in [-0.39, 0.29) is 51.7 Å². The molecule has 8 nitrogen and oxygen atoms in total. The topological polar surface area (TPSA) is 115 Å². The van der Waals surface area contributed by atoms with E-state index in [1.165, 1.54) is 26.5 Å². The number of methoxy groups -OCH3 is 2. The van der Waals surface area contributed by atoms with Gasteiger partial charge in [-0.15, -0.1) is 0 Å². The molecule has 0 bridgehead atoms. The summed E-state index contributed by atoms with van der Waals surface area (Å²) < 4.78 is 21.8. The van der Waals surface area contributed by atoms with Crippen LogP contribution in [0.25, 0.3) is 22.1 Å². The minimum atomic E-state index is -0.637. The minimum absolute atomic E-state index is 0.0446. The van der Waals surface area contributed by atoms with Gasteiger partial charge < -0.3 is 28.8 Å². The molecule has 35 heavy (non-hydrogen) atoms. The molecule has 0 amide bonds. The Balaban J connectivity index is 1.77. The van der Waals surface area contributed by atoms with Crippen LogP contribution in [0.5, 0.6) is 28.7 Å². The number of hydrogen-bond acceptors (Lipinski definition) is 8. The second kappa shape index (κ2) is 8.56. The van der Waals surface area contributed by atoms with Crippen LogP contribution in [0.1, 0.15) is 23.5 Å². The lowest BCUT2D eigenvalue weighted by atomic mass is 9.84. The number of fused-ring (bicyclic) bond motifs is 3. The molecule has 0 spiro atoms. The molecule has 1 atom stereocenters. The summed E-state index contributed by atoms with van der Waals surface area (Å²) in [6.45, 7) is 0. The Hall–Kier alpha value is -4.17. The van der Waals surface area contributed by atoms with E-state index in [1.807, 2.05) is 0 Å². The van der Waals surface area contributed by atoms with Crippen LogP contribution in [-0.2, 0) is 4.79 Å². The molecule has 2 heterocycles. The largest absolute Gasteiger partial charge is 0.507 e. The second-order valence-electron chi connectivity index (χ2n) is 8.00. The van der Waals surface area contributed by atoms with Crippen LogP contribution in [0.3, 0.4) is 0 Å². The Bertz CT molecular complexity index is 1510. The molecule has 3 aromatic carbocycles. The quantitative estimate of drug-likeness (QED) is 0.301. The van der Waals surface area contributed by atoms with Gasteiger partial charge in [0.1, 0.15) is 28.7 Å². The van der Waals surface area contributed by atoms with Gasteiger partial charge in [0, 0.05) is 22.6 Å². The highest BCUT2D eigenvalue weighted by Crippen LogP contribution is 2.48. The average Bonchev–Trinajstić information content (AvgIpc) is 2.84. The van der Waals surface area contributed by atoms with Crippen molar-refractivity contribution in [3.05, 3.63) is 75.1 Å². The van der Waals surface area contributed by atoms with Crippen molar-refractivity contribution in [2.75, 3.05) is 14.2 Å². The third kappa shape index (κ3) is 3.72. The molecular formula is C26H19ClO8. The lowest BCUT2D eigenvalue weighted by molar-refractivity contribution is -0.135. The van der Waals surface area contributed by atoms with E-state index >= 15 is 0 Å². The van der Waals surface area contributed by atoms with E-state index < -0.39 is 17.3 Å². The summed E-state index contributed by atoms with van der Waals surface area (Å²) in [5, 5.41) is 21.5. The van der Waals surface area contributed by atoms with Crippen LogP contribution in [0.2, 0.25) is 5.02 Å². The molecule has 0 radical (unpaired) electrons. The molecule has 0 saturated carbocycles. The first-order valence-corrected chi connectivity index (χ1v) is 10.9. The fraction of sp³-hybridized carbons (Fsp3) is 0.154. The predicted molar refractivity (Wildman–Crippen MR) is 128 cm³/mol. The van der Waals surface area contributed by atoms with Gasteiger partial charge in [-0.2, -0.15) is 0 Å². The third-order valence-corrected chi connectivity index (χ3v) is 6.28. The number of aromatic hydroxyl groups is 2. The van der Waals surface area contributed by atoms with Crippen molar-refractivity contribution in [2.24, 2.45) is 0 Å². The number of phenolic OH excluding ortho intramolecular Hbond substituents is 2. The molecule has 0 fully saturated rings. The van der Waals surface area contributed by atoms with Crippen LogP contribution in [0.15, 0.2) is 57.9 Å². The Morgan fingerprint density at radius 1 is 1.00 bits per heavy atom. The zero-order valence-corrected chi connectivity index (χ0v) is 19.4. The van der Waals surface area contributed by atoms with Crippen molar-refractivity contribution in [3.8, 4) is 39.9 Å². The van der Waals surface area contributed by atoms with Gasteiger partial charge in [-0.1, -0.05) is 23.7 Å². The van der Waals surface area contributed by atoms with Crippen LogP contribution in [0, 0.1) is 0 Å². The third-order valence-electron chi connectivity index (χ3n) is 6.03. The van der Waals surface area contributed by atoms with Gasteiger partial charge in [0.05, 0.1) is 26.2 Å². The Labute approximate surface area is 203 Å². The van der Waals surface area contributed by atoms with E-state index in [0.717, 1.165) is 0 Å².